The highest BCUT2D eigenvalue weighted by Crippen LogP contribution is 2.23. The average Bonchev–Trinajstić information content (AvgIpc) is 2.84. The molecule has 2 aromatic carbocycles. The van der Waals surface area contributed by atoms with Gasteiger partial charge in [0.15, 0.2) is 5.96 Å². The number of hydrogen-bond donors (Lipinski definition) is 2. The molecule has 174 valence electrons. The molecule has 0 bridgehead atoms. The van der Waals surface area contributed by atoms with Gasteiger partial charge >= 0.3 is 0 Å². The third kappa shape index (κ3) is 7.86. The van der Waals surface area contributed by atoms with Crippen molar-refractivity contribution < 1.29 is 4.74 Å². The Morgan fingerprint density at radius 1 is 0.939 bits per heavy atom. The molecule has 1 fully saturated rings. The zero-order valence-electron chi connectivity index (χ0n) is 18.5. The SMILES string of the molecule is I.NC(=NCCCN1CCN(c2ncccn2)CC1)Nc1cccc(Oc2ccccc2)c1. The number of nitrogens with two attached hydrogens (primary N) is 1. The summed E-state index contributed by atoms with van der Waals surface area (Å²) in [4.78, 5) is 17.8. The minimum absolute atomic E-state index is 0. The molecule has 1 aliphatic heterocycles. The number of piperazine rings is 1. The highest BCUT2D eigenvalue weighted by atomic mass is 127. The van der Waals surface area contributed by atoms with E-state index < -0.39 is 0 Å². The molecule has 33 heavy (non-hydrogen) atoms. The summed E-state index contributed by atoms with van der Waals surface area (Å²) < 4.78 is 5.86. The van der Waals surface area contributed by atoms with E-state index in [1.807, 2.05) is 60.7 Å². The standard InChI is InChI=1S/C24H29N7O.HI/c25-23(29-20-7-4-10-22(19-20)32-21-8-2-1-3-9-21)26-13-6-14-30-15-17-31(18-16-30)24-27-11-5-12-28-24;/h1-5,7-12,19H,6,13-18H2,(H3,25,26,29);1H. The lowest BCUT2D eigenvalue weighted by atomic mass is 10.3. The maximum atomic E-state index is 6.07. The number of nitrogens with zero attached hydrogens (tertiary/aromatic N) is 5. The van der Waals surface area contributed by atoms with Crippen molar-refractivity contribution in [2.24, 2.45) is 10.7 Å². The Hall–Kier alpha value is -2.92. The van der Waals surface area contributed by atoms with Crippen molar-refractivity contribution in [2.75, 3.05) is 49.5 Å². The van der Waals surface area contributed by atoms with Crippen LogP contribution in [0.4, 0.5) is 11.6 Å². The van der Waals surface area contributed by atoms with E-state index in [4.69, 9.17) is 10.5 Å². The Morgan fingerprint density at radius 2 is 1.67 bits per heavy atom. The number of guanidine groups is 1. The van der Waals surface area contributed by atoms with Crippen molar-refractivity contribution in [1.82, 2.24) is 14.9 Å². The maximum Gasteiger partial charge on any atom is 0.225 e. The van der Waals surface area contributed by atoms with Gasteiger partial charge in [0.25, 0.3) is 0 Å². The van der Waals surface area contributed by atoms with Gasteiger partial charge in [-0.15, -0.1) is 24.0 Å². The van der Waals surface area contributed by atoms with Crippen LogP contribution in [0.15, 0.2) is 78.0 Å². The van der Waals surface area contributed by atoms with Crippen LogP contribution in [0, 0.1) is 0 Å². The zero-order chi connectivity index (χ0) is 22.0. The van der Waals surface area contributed by atoms with Crippen LogP contribution >= 0.6 is 24.0 Å². The lowest BCUT2D eigenvalue weighted by molar-refractivity contribution is 0.255. The van der Waals surface area contributed by atoms with Gasteiger partial charge < -0.3 is 20.7 Å². The summed E-state index contributed by atoms with van der Waals surface area (Å²) in [7, 11) is 0. The molecule has 4 rings (SSSR count). The van der Waals surface area contributed by atoms with Crippen molar-refractivity contribution in [2.45, 2.75) is 6.42 Å². The van der Waals surface area contributed by atoms with E-state index in [0.717, 1.165) is 62.3 Å². The van der Waals surface area contributed by atoms with Gasteiger partial charge in [-0.3, -0.25) is 9.89 Å². The van der Waals surface area contributed by atoms with Crippen molar-refractivity contribution in [3.05, 3.63) is 73.1 Å². The number of anilines is 2. The summed E-state index contributed by atoms with van der Waals surface area (Å²) in [6, 6.07) is 19.2. The third-order valence-corrected chi connectivity index (χ3v) is 5.21. The van der Waals surface area contributed by atoms with Crippen molar-refractivity contribution in [3.63, 3.8) is 0 Å². The van der Waals surface area contributed by atoms with Gasteiger partial charge in [0, 0.05) is 63.4 Å². The largest absolute Gasteiger partial charge is 0.457 e. The smallest absolute Gasteiger partial charge is 0.225 e. The molecule has 0 aliphatic carbocycles. The first-order valence-corrected chi connectivity index (χ1v) is 10.9. The summed E-state index contributed by atoms with van der Waals surface area (Å²) in [6.07, 6.45) is 4.54. The second kappa shape index (κ2) is 12.9. The van der Waals surface area contributed by atoms with Gasteiger partial charge in [-0.1, -0.05) is 24.3 Å². The molecule has 1 aliphatic rings. The van der Waals surface area contributed by atoms with Crippen LogP contribution in [-0.2, 0) is 0 Å². The van der Waals surface area contributed by atoms with E-state index in [1.54, 1.807) is 12.4 Å². The van der Waals surface area contributed by atoms with Crippen molar-refractivity contribution >= 4 is 41.6 Å². The minimum atomic E-state index is 0. The van der Waals surface area contributed by atoms with E-state index in [1.165, 1.54) is 0 Å². The number of aromatic nitrogens is 2. The Labute approximate surface area is 211 Å². The Balaban J connectivity index is 0.00000306. The highest BCUT2D eigenvalue weighted by Gasteiger charge is 2.18. The first-order valence-electron chi connectivity index (χ1n) is 10.9. The average molecular weight is 559 g/mol. The monoisotopic (exact) mass is 559 g/mol. The number of hydrogen-bond acceptors (Lipinski definition) is 6. The lowest BCUT2D eigenvalue weighted by Crippen LogP contribution is -2.47. The van der Waals surface area contributed by atoms with Crippen LogP contribution in [0.2, 0.25) is 0 Å². The highest BCUT2D eigenvalue weighted by molar-refractivity contribution is 14.0. The number of rotatable bonds is 8. The van der Waals surface area contributed by atoms with Gasteiger partial charge in [-0.25, -0.2) is 9.97 Å². The van der Waals surface area contributed by atoms with Crippen LogP contribution in [-0.4, -0.2) is 60.1 Å². The van der Waals surface area contributed by atoms with E-state index in [2.05, 4.69) is 30.1 Å². The summed E-state index contributed by atoms with van der Waals surface area (Å²) in [5, 5.41) is 3.14. The fourth-order valence-corrected chi connectivity index (χ4v) is 3.57. The number of halogens is 1. The van der Waals surface area contributed by atoms with Gasteiger partial charge in [0.2, 0.25) is 5.95 Å². The molecule has 0 atom stereocenters. The molecule has 3 aromatic rings. The van der Waals surface area contributed by atoms with E-state index in [0.29, 0.717) is 12.5 Å². The van der Waals surface area contributed by atoms with Crippen LogP contribution < -0.4 is 20.7 Å². The fraction of sp³-hybridized carbons (Fsp3) is 0.292. The predicted molar refractivity (Wildman–Crippen MR) is 144 cm³/mol. The number of aliphatic imine (C=N–C) groups is 1. The maximum absolute atomic E-state index is 6.07. The molecule has 1 aromatic heterocycles. The van der Waals surface area contributed by atoms with Crippen molar-refractivity contribution in [3.8, 4) is 11.5 Å². The first-order chi connectivity index (χ1) is 15.8. The van der Waals surface area contributed by atoms with Crippen molar-refractivity contribution in [1.29, 1.82) is 0 Å². The normalized spacial score (nSPS) is 14.4. The molecule has 8 nitrogen and oxygen atoms in total. The summed E-state index contributed by atoms with van der Waals surface area (Å²) in [6.45, 7) is 5.58. The van der Waals surface area contributed by atoms with Crippen LogP contribution in [0.3, 0.4) is 0 Å². The summed E-state index contributed by atoms with van der Waals surface area (Å²) in [5.74, 6) is 2.76. The first kappa shape index (κ1) is 24.7. The number of nitrogens with one attached hydrogen (secondary N) is 1. The van der Waals surface area contributed by atoms with E-state index in [-0.39, 0.29) is 24.0 Å². The second-order valence-electron chi connectivity index (χ2n) is 7.57. The number of para-hydroxylation sites is 1. The minimum Gasteiger partial charge on any atom is -0.457 e. The van der Waals surface area contributed by atoms with Gasteiger partial charge in [-0.05, 0) is 36.8 Å². The van der Waals surface area contributed by atoms with Crippen LogP contribution in [0.25, 0.3) is 0 Å². The molecule has 0 unspecified atom stereocenters. The molecule has 0 spiro atoms. The Morgan fingerprint density at radius 3 is 2.42 bits per heavy atom. The van der Waals surface area contributed by atoms with Gasteiger partial charge in [0.05, 0.1) is 0 Å². The molecule has 0 amide bonds. The molecular formula is C24H30IN7O. The van der Waals surface area contributed by atoms with Crippen LogP contribution in [0.5, 0.6) is 11.5 Å². The van der Waals surface area contributed by atoms with E-state index in [9.17, 15) is 0 Å². The Bertz CT molecular complexity index is 996. The molecule has 0 saturated carbocycles. The molecule has 2 heterocycles. The van der Waals surface area contributed by atoms with Crippen LogP contribution in [0.1, 0.15) is 6.42 Å². The molecule has 1 saturated heterocycles. The molecule has 9 heteroatoms. The van der Waals surface area contributed by atoms with Gasteiger partial charge in [-0.2, -0.15) is 0 Å². The number of benzene rings is 2. The molecule has 3 N–H and O–H groups in total. The Kier molecular flexibility index (Phi) is 9.70. The second-order valence-corrected chi connectivity index (χ2v) is 7.57. The molecule has 0 radical (unpaired) electrons. The topological polar surface area (TPSA) is 91.9 Å². The van der Waals surface area contributed by atoms with E-state index >= 15 is 0 Å². The zero-order valence-corrected chi connectivity index (χ0v) is 20.8. The number of ether oxygens (including phenoxy) is 1. The molecular weight excluding hydrogens is 529 g/mol. The summed E-state index contributed by atoms with van der Waals surface area (Å²) >= 11 is 0. The fourth-order valence-electron chi connectivity index (χ4n) is 3.57. The lowest BCUT2D eigenvalue weighted by Gasteiger charge is -2.34. The van der Waals surface area contributed by atoms with Gasteiger partial charge in [0.1, 0.15) is 11.5 Å². The third-order valence-electron chi connectivity index (χ3n) is 5.21. The quantitative estimate of drug-likeness (QED) is 0.188. The predicted octanol–water partition coefficient (Wildman–Crippen LogP) is 3.83. The summed E-state index contributed by atoms with van der Waals surface area (Å²) in [5.41, 5.74) is 6.92.